The van der Waals surface area contributed by atoms with Crippen molar-refractivity contribution in [3.8, 4) is 0 Å². The molecule has 0 unspecified atom stereocenters. The number of hydrogen-bond donors (Lipinski definition) is 2. The normalized spacial score (nSPS) is 9.95. The van der Waals surface area contributed by atoms with Gasteiger partial charge in [0.25, 0.3) is 5.91 Å². The minimum atomic E-state index is -0.388. The number of rotatable bonds is 5. The van der Waals surface area contributed by atoms with Crippen LogP contribution in [-0.2, 0) is 0 Å². The summed E-state index contributed by atoms with van der Waals surface area (Å²) >= 11 is 0. The van der Waals surface area contributed by atoms with Crippen LogP contribution in [0.25, 0.3) is 0 Å². The Balaban J connectivity index is 1.99. The molecule has 0 aliphatic carbocycles. The summed E-state index contributed by atoms with van der Waals surface area (Å²) < 4.78 is 0. The number of carbonyl (C=O) groups excluding carboxylic acids is 1. The van der Waals surface area contributed by atoms with Crippen molar-refractivity contribution in [1.82, 2.24) is 20.2 Å². The topological polar surface area (TPSA) is 92.7 Å². The fourth-order valence-electron chi connectivity index (χ4n) is 1.33. The Morgan fingerprint density at radius 3 is 2.63 bits per heavy atom. The highest BCUT2D eigenvalue weighted by atomic mass is 16.2. The molecule has 0 saturated heterocycles. The van der Waals surface area contributed by atoms with E-state index in [9.17, 15) is 4.79 Å². The molecular weight excluding hydrogens is 244 g/mol. The van der Waals surface area contributed by atoms with E-state index in [2.05, 4.69) is 37.7 Å². The molecule has 0 radical (unpaired) electrons. The Hall–Kier alpha value is -2.57. The Morgan fingerprint density at radius 2 is 2.00 bits per heavy atom. The predicted molar refractivity (Wildman–Crippen MR) is 70.8 cm³/mol. The van der Waals surface area contributed by atoms with Crippen molar-refractivity contribution < 1.29 is 4.79 Å². The molecular formula is C12H14N6O. The molecule has 0 aliphatic rings. The maximum atomic E-state index is 11.8. The first-order valence-corrected chi connectivity index (χ1v) is 5.95. The molecule has 7 heteroatoms. The molecule has 0 bridgehead atoms. The van der Waals surface area contributed by atoms with Gasteiger partial charge in [0.05, 0.1) is 0 Å². The molecule has 2 N–H and O–H groups in total. The molecule has 0 aliphatic heterocycles. The summed E-state index contributed by atoms with van der Waals surface area (Å²) in [6, 6.07) is 4.98. The lowest BCUT2D eigenvalue weighted by atomic mass is 10.3. The first kappa shape index (κ1) is 12.9. The van der Waals surface area contributed by atoms with Crippen LogP contribution in [0.1, 0.15) is 23.8 Å². The van der Waals surface area contributed by atoms with E-state index in [1.807, 2.05) is 0 Å². The van der Waals surface area contributed by atoms with Crippen molar-refractivity contribution in [2.24, 2.45) is 0 Å². The largest absolute Gasteiger partial charge is 0.369 e. The van der Waals surface area contributed by atoms with Gasteiger partial charge in [0.2, 0.25) is 5.95 Å². The minimum absolute atomic E-state index is 0.217. The van der Waals surface area contributed by atoms with Gasteiger partial charge in [0.15, 0.2) is 5.69 Å². The van der Waals surface area contributed by atoms with E-state index < -0.39 is 0 Å². The van der Waals surface area contributed by atoms with Gasteiger partial charge < -0.3 is 5.32 Å². The van der Waals surface area contributed by atoms with Crippen LogP contribution in [0.3, 0.4) is 0 Å². The van der Waals surface area contributed by atoms with Crippen LogP contribution in [0.4, 0.5) is 11.8 Å². The van der Waals surface area contributed by atoms with Gasteiger partial charge in [-0.05, 0) is 24.6 Å². The van der Waals surface area contributed by atoms with E-state index in [0.29, 0.717) is 5.82 Å². The van der Waals surface area contributed by atoms with Crippen LogP contribution in [0.5, 0.6) is 0 Å². The second kappa shape index (κ2) is 6.39. The van der Waals surface area contributed by atoms with Gasteiger partial charge in [-0.3, -0.25) is 10.1 Å². The van der Waals surface area contributed by atoms with E-state index in [0.717, 1.165) is 13.0 Å². The first-order chi connectivity index (χ1) is 9.29. The molecule has 0 aromatic carbocycles. The zero-order valence-corrected chi connectivity index (χ0v) is 10.5. The Morgan fingerprint density at radius 1 is 1.21 bits per heavy atom. The van der Waals surface area contributed by atoms with E-state index in [1.165, 1.54) is 0 Å². The Labute approximate surface area is 110 Å². The SMILES string of the molecule is CCCNc1ccc(C(=O)Nc2ncccn2)nn1. The lowest BCUT2D eigenvalue weighted by Gasteiger charge is -2.04. The van der Waals surface area contributed by atoms with Gasteiger partial charge in [-0.25, -0.2) is 9.97 Å². The standard InChI is InChI=1S/C12H14N6O/c1-2-6-13-10-5-4-9(17-18-10)11(19)16-12-14-7-3-8-15-12/h3-5,7-8H,2,6H2,1H3,(H,13,18)(H,14,15,16,19). The third-order valence-electron chi connectivity index (χ3n) is 2.24. The summed E-state index contributed by atoms with van der Waals surface area (Å²) in [6.45, 7) is 2.88. The average molecular weight is 258 g/mol. The molecule has 0 fully saturated rings. The zero-order valence-electron chi connectivity index (χ0n) is 10.5. The molecule has 0 spiro atoms. The van der Waals surface area contributed by atoms with Gasteiger partial charge in [0.1, 0.15) is 5.82 Å². The highest BCUT2D eigenvalue weighted by molar-refractivity contribution is 6.01. The van der Waals surface area contributed by atoms with Crippen molar-refractivity contribution in [2.75, 3.05) is 17.2 Å². The van der Waals surface area contributed by atoms with Crippen LogP contribution < -0.4 is 10.6 Å². The quantitative estimate of drug-likeness (QED) is 0.840. The third kappa shape index (κ3) is 3.70. The molecule has 0 saturated carbocycles. The van der Waals surface area contributed by atoms with Gasteiger partial charge in [-0.1, -0.05) is 6.92 Å². The van der Waals surface area contributed by atoms with Crippen LogP contribution in [-0.4, -0.2) is 32.6 Å². The lowest BCUT2D eigenvalue weighted by molar-refractivity contribution is 0.102. The monoisotopic (exact) mass is 258 g/mol. The second-order valence-corrected chi connectivity index (χ2v) is 3.76. The number of hydrogen-bond acceptors (Lipinski definition) is 6. The van der Waals surface area contributed by atoms with Crippen molar-refractivity contribution in [3.05, 3.63) is 36.3 Å². The van der Waals surface area contributed by atoms with Crippen LogP contribution in [0.2, 0.25) is 0 Å². The first-order valence-electron chi connectivity index (χ1n) is 5.95. The van der Waals surface area contributed by atoms with Crippen LogP contribution in [0.15, 0.2) is 30.6 Å². The fraction of sp³-hybridized carbons (Fsp3) is 0.250. The molecule has 7 nitrogen and oxygen atoms in total. The molecule has 2 heterocycles. The Bertz CT molecular complexity index is 528. The molecule has 2 aromatic rings. The summed E-state index contributed by atoms with van der Waals surface area (Å²) in [5.74, 6) is 0.498. The van der Waals surface area contributed by atoms with Gasteiger partial charge in [0, 0.05) is 18.9 Å². The number of amides is 1. The average Bonchev–Trinajstić information content (AvgIpc) is 2.46. The van der Waals surface area contributed by atoms with Crippen molar-refractivity contribution >= 4 is 17.7 Å². The van der Waals surface area contributed by atoms with E-state index in [1.54, 1.807) is 30.6 Å². The molecule has 2 aromatic heterocycles. The lowest BCUT2D eigenvalue weighted by Crippen LogP contribution is -2.16. The maximum absolute atomic E-state index is 11.8. The van der Waals surface area contributed by atoms with Crippen molar-refractivity contribution in [1.29, 1.82) is 0 Å². The smallest absolute Gasteiger partial charge is 0.278 e. The fourth-order valence-corrected chi connectivity index (χ4v) is 1.33. The highest BCUT2D eigenvalue weighted by Crippen LogP contribution is 2.04. The highest BCUT2D eigenvalue weighted by Gasteiger charge is 2.09. The molecule has 19 heavy (non-hydrogen) atoms. The predicted octanol–water partition coefficient (Wildman–Crippen LogP) is 1.34. The van der Waals surface area contributed by atoms with E-state index in [-0.39, 0.29) is 17.5 Å². The third-order valence-corrected chi connectivity index (χ3v) is 2.24. The van der Waals surface area contributed by atoms with Gasteiger partial charge in [-0.15, -0.1) is 10.2 Å². The molecule has 0 atom stereocenters. The van der Waals surface area contributed by atoms with E-state index >= 15 is 0 Å². The Kier molecular flexibility index (Phi) is 4.33. The summed E-state index contributed by atoms with van der Waals surface area (Å²) in [6.07, 6.45) is 4.09. The molecule has 98 valence electrons. The summed E-state index contributed by atoms with van der Waals surface area (Å²) in [5.41, 5.74) is 0.217. The minimum Gasteiger partial charge on any atom is -0.369 e. The maximum Gasteiger partial charge on any atom is 0.278 e. The zero-order chi connectivity index (χ0) is 13.5. The number of carbonyl (C=O) groups is 1. The summed E-state index contributed by atoms with van der Waals surface area (Å²) in [7, 11) is 0. The van der Waals surface area contributed by atoms with E-state index in [4.69, 9.17) is 0 Å². The number of nitrogens with one attached hydrogen (secondary N) is 2. The number of nitrogens with zero attached hydrogens (tertiary/aromatic N) is 4. The van der Waals surface area contributed by atoms with Crippen molar-refractivity contribution in [3.63, 3.8) is 0 Å². The molecule has 2 rings (SSSR count). The van der Waals surface area contributed by atoms with Crippen molar-refractivity contribution in [2.45, 2.75) is 13.3 Å². The molecule has 1 amide bonds. The van der Waals surface area contributed by atoms with Crippen LogP contribution >= 0.6 is 0 Å². The van der Waals surface area contributed by atoms with Gasteiger partial charge >= 0.3 is 0 Å². The summed E-state index contributed by atoms with van der Waals surface area (Å²) in [4.78, 5) is 19.6. The van der Waals surface area contributed by atoms with Gasteiger partial charge in [-0.2, -0.15) is 0 Å². The number of aromatic nitrogens is 4. The summed E-state index contributed by atoms with van der Waals surface area (Å²) in [5, 5.41) is 13.4. The second-order valence-electron chi connectivity index (χ2n) is 3.76. The van der Waals surface area contributed by atoms with Crippen LogP contribution in [0, 0.1) is 0 Å². The number of anilines is 2.